The first-order valence-electron chi connectivity index (χ1n) is 4.39. The van der Waals surface area contributed by atoms with Gasteiger partial charge in [-0.15, -0.1) is 0 Å². The van der Waals surface area contributed by atoms with Crippen LogP contribution < -0.4 is 0 Å². The normalized spacial score (nSPS) is 12.6. The van der Waals surface area contributed by atoms with Crippen molar-refractivity contribution in [2.75, 3.05) is 13.7 Å². The molecule has 0 aliphatic rings. The molecule has 0 spiro atoms. The number of ether oxygens (including phenoxy) is 2. The van der Waals surface area contributed by atoms with Crippen LogP contribution >= 0.6 is 0 Å². The smallest absolute Gasteiger partial charge is 0.305 e. The monoisotopic (exact) mass is 174 g/mol. The largest absolute Gasteiger partial charge is 0.463 e. The number of methoxy groups -OCH3 is 1. The predicted octanol–water partition coefficient (Wildman–Crippen LogP) is 1.75. The van der Waals surface area contributed by atoms with E-state index in [2.05, 4.69) is 0 Å². The fraction of sp³-hybridized carbons (Fsp3) is 0.889. The first-order chi connectivity index (χ1) is 5.70. The number of carbonyl (C=O) groups is 1. The lowest BCUT2D eigenvalue weighted by Crippen LogP contribution is -2.17. The first-order valence-corrected chi connectivity index (χ1v) is 4.39. The lowest BCUT2D eigenvalue weighted by molar-refractivity contribution is -0.147. The summed E-state index contributed by atoms with van der Waals surface area (Å²) in [6, 6.07) is 0. The van der Waals surface area contributed by atoms with Gasteiger partial charge in [-0.2, -0.15) is 0 Å². The third-order valence-corrected chi connectivity index (χ3v) is 1.62. The topological polar surface area (TPSA) is 35.5 Å². The molecule has 0 bridgehead atoms. The standard InChI is InChI=1S/C9H18O3/c1-4-5-6-9(10)12-7-8(2)11-3/h8H,4-7H2,1-3H3. The number of carbonyl (C=O) groups excluding carboxylic acids is 1. The Hall–Kier alpha value is -0.570. The van der Waals surface area contributed by atoms with Crippen molar-refractivity contribution in [3.63, 3.8) is 0 Å². The van der Waals surface area contributed by atoms with Crippen LogP contribution in [-0.2, 0) is 14.3 Å². The van der Waals surface area contributed by atoms with E-state index in [0.29, 0.717) is 13.0 Å². The zero-order chi connectivity index (χ0) is 9.40. The molecule has 0 amide bonds. The quantitative estimate of drug-likeness (QED) is 0.575. The van der Waals surface area contributed by atoms with E-state index in [1.54, 1.807) is 7.11 Å². The molecule has 12 heavy (non-hydrogen) atoms. The van der Waals surface area contributed by atoms with E-state index < -0.39 is 0 Å². The van der Waals surface area contributed by atoms with Gasteiger partial charge in [0.15, 0.2) is 0 Å². The van der Waals surface area contributed by atoms with Crippen molar-refractivity contribution < 1.29 is 14.3 Å². The predicted molar refractivity (Wildman–Crippen MR) is 47.0 cm³/mol. The molecule has 0 radical (unpaired) electrons. The number of rotatable bonds is 6. The van der Waals surface area contributed by atoms with Crippen LogP contribution in [0.2, 0.25) is 0 Å². The molecule has 0 aromatic carbocycles. The molecular weight excluding hydrogens is 156 g/mol. The van der Waals surface area contributed by atoms with E-state index in [0.717, 1.165) is 12.8 Å². The molecule has 0 saturated heterocycles. The molecule has 0 fully saturated rings. The molecule has 0 N–H and O–H groups in total. The third-order valence-electron chi connectivity index (χ3n) is 1.62. The van der Waals surface area contributed by atoms with E-state index in [9.17, 15) is 4.79 Å². The highest BCUT2D eigenvalue weighted by molar-refractivity contribution is 5.69. The van der Waals surface area contributed by atoms with Crippen molar-refractivity contribution in [3.8, 4) is 0 Å². The van der Waals surface area contributed by atoms with Gasteiger partial charge >= 0.3 is 5.97 Å². The molecule has 3 nitrogen and oxygen atoms in total. The fourth-order valence-electron chi connectivity index (χ4n) is 0.672. The summed E-state index contributed by atoms with van der Waals surface area (Å²) in [6.07, 6.45) is 2.44. The van der Waals surface area contributed by atoms with E-state index >= 15 is 0 Å². The maximum atomic E-state index is 10.9. The van der Waals surface area contributed by atoms with Crippen LogP contribution in [0.25, 0.3) is 0 Å². The summed E-state index contributed by atoms with van der Waals surface area (Å²) in [5.41, 5.74) is 0. The fourth-order valence-corrected chi connectivity index (χ4v) is 0.672. The van der Waals surface area contributed by atoms with E-state index in [4.69, 9.17) is 9.47 Å². The second-order valence-electron chi connectivity index (χ2n) is 2.83. The Kier molecular flexibility index (Phi) is 6.76. The zero-order valence-electron chi connectivity index (χ0n) is 8.13. The molecule has 1 atom stereocenters. The van der Waals surface area contributed by atoms with E-state index in [-0.39, 0.29) is 12.1 Å². The van der Waals surface area contributed by atoms with Gasteiger partial charge in [-0.05, 0) is 13.3 Å². The van der Waals surface area contributed by atoms with Crippen LogP contribution in [0.5, 0.6) is 0 Å². The maximum absolute atomic E-state index is 10.9. The number of hydrogen-bond acceptors (Lipinski definition) is 3. The van der Waals surface area contributed by atoms with Gasteiger partial charge < -0.3 is 9.47 Å². The van der Waals surface area contributed by atoms with Gasteiger partial charge in [0.2, 0.25) is 0 Å². The lowest BCUT2D eigenvalue weighted by atomic mass is 10.2. The van der Waals surface area contributed by atoms with E-state index in [1.165, 1.54) is 0 Å². The minimum atomic E-state index is -0.124. The molecule has 0 rings (SSSR count). The van der Waals surface area contributed by atoms with Gasteiger partial charge in [-0.25, -0.2) is 0 Å². The van der Waals surface area contributed by atoms with Crippen molar-refractivity contribution in [2.45, 2.75) is 39.2 Å². The number of unbranched alkanes of at least 4 members (excludes halogenated alkanes) is 1. The van der Waals surface area contributed by atoms with Crippen molar-refractivity contribution in [1.29, 1.82) is 0 Å². The Balaban J connectivity index is 3.31. The van der Waals surface area contributed by atoms with Crippen LogP contribution in [0, 0.1) is 0 Å². The van der Waals surface area contributed by atoms with Crippen LogP contribution in [0.3, 0.4) is 0 Å². The maximum Gasteiger partial charge on any atom is 0.305 e. The molecule has 0 aromatic rings. The highest BCUT2D eigenvalue weighted by Gasteiger charge is 2.04. The van der Waals surface area contributed by atoms with Gasteiger partial charge in [0, 0.05) is 13.5 Å². The Morgan fingerprint density at radius 1 is 1.50 bits per heavy atom. The van der Waals surface area contributed by atoms with Crippen LogP contribution in [0.4, 0.5) is 0 Å². The van der Waals surface area contributed by atoms with Gasteiger partial charge in [0.05, 0.1) is 6.10 Å². The van der Waals surface area contributed by atoms with Crippen molar-refractivity contribution in [2.24, 2.45) is 0 Å². The minimum Gasteiger partial charge on any atom is -0.463 e. The average Bonchev–Trinajstić information content (AvgIpc) is 2.10. The van der Waals surface area contributed by atoms with Crippen LogP contribution in [-0.4, -0.2) is 25.8 Å². The van der Waals surface area contributed by atoms with Crippen LogP contribution in [0.15, 0.2) is 0 Å². The van der Waals surface area contributed by atoms with Crippen molar-refractivity contribution in [1.82, 2.24) is 0 Å². The Bertz CT molecular complexity index is 123. The lowest BCUT2D eigenvalue weighted by Gasteiger charge is -2.09. The number of esters is 1. The molecule has 0 aromatic heterocycles. The molecule has 0 aliphatic heterocycles. The summed E-state index contributed by atoms with van der Waals surface area (Å²) in [4.78, 5) is 10.9. The van der Waals surface area contributed by atoms with Crippen molar-refractivity contribution in [3.05, 3.63) is 0 Å². The minimum absolute atomic E-state index is 0.00410. The summed E-state index contributed by atoms with van der Waals surface area (Å²) in [6.45, 7) is 4.28. The zero-order valence-corrected chi connectivity index (χ0v) is 8.13. The van der Waals surface area contributed by atoms with Gasteiger partial charge in [-0.1, -0.05) is 13.3 Å². The second-order valence-corrected chi connectivity index (χ2v) is 2.83. The first kappa shape index (κ1) is 11.4. The highest BCUT2D eigenvalue weighted by Crippen LogP contribution is 1.98. The molecule has 0 aliphatic carbocycles. The highest BCUT2D eigenvalue weighted by atomic mass is 16.6. The molecular formula is C9H18O3. The van der Waals surface area contributed by atoms with Gasteiger partial charge in [-0.3, -0.25) is 4.79 Å². The molecule has 3 heteroatoms. The summed E-state index contributed by atoms with van der Waals surface area (Å²) >= 11 is 0. The number of hydrogen-bond donors (Lipinski definition) is 0. The Morgan fingerprint density at radius 2 is 2.17 bits per heavy atom. The van der Waals surface area contributed by atoms with Gasteiger partial charge in [0.1, 0.15) is 6.61 Å². The Labute approximate surface area is 74.0 Å². The summed E-state index contributed by atoms with van der Waals surface area (Å²) in [7, 11) is 1.60. The summed E-state index contributed by atoms with van der Waals surface area (Å²) in [5.74, 6) is -0.124. The van der Waals surface area contributed by atoms with Gasteiger partial charge in [0.25, 0.3) is 0 Å². The SMILES string of the molecule is CCCCC(=O)OCC(C)OC. The molecule has 0 saturated carbocycles. The average molecular weight is 174 g/mol. The van der Waals surface area contributed by atoms with E-state index in [1.807, 2.05) is 13.8 Å². The van der Waals surface area contributed by atoms with Crippen LogP contribution in [0.1, 0.15) is 33.1 Å². The second kappa shape index (κ2) is 7.10. The Morgan fingerprint density at radius 3 is 2.67 bits per heavy atom. The third kappa shape index (κ3) is 6.16. The summed E-state index contributed by atoms with van der Waals surface area (Å²) in [5, 5.41) is 0. The van der Waals surface area contributed by atoms with Crippen molar-refractivity contribution >= 4 is 5.97 Å². The molecule has 72 valence electrons. The molecule has 1 unspecified atom stereocenters. The summed E-state index contributed by atoms with van der Waals surface area (Å²) < 4.78 is 9.86. The molecule has 0 heterocycles.